The van der Waals surface area contributed by atoms with Crippen molar-refractivity contribution in [2.75, 3.05) is 37.7 Å². The Bertz CT molecular complexity index is 672. The van der Waals surface area contributed by atoms with E-state index in [1.165, 1.54) is 0 Å². The van der Waals surface area contributed by atoms with E-state index >= 15 is 0 Å². The number of nitrogens with zero attached hydrogens (tertiary/aromatic N) is 1. The van der Waals surface area contributed by atoms with Gasteiger partial charge < -0.3 is 20.7 Å². The van der Waals surface area contributed by atoms with Gasteiger partial charge in [-0.25, -0.2) is 8.42 Å². The second-order valence-corrected chi connectivity index (χ2v) is 11.4. The van der Waals surface area contributed by atoms with E-state index in [1.54, 1.807) is 0 Å². The van der Waals surface area contributed by atoms with Gasteiger partial charge in [0.15, 0.2) is 15.8 Å². The van der Waals surface area contributed by atoms with Gasteiger partial charge >= 0.3 is 0 Å². The lowest BCUT2D eigenvalue weighted by molar-refractivity contribution is -0.121. The molecule has 2 rings (SSSR count). The number of nitrogens with one attached hydrogen (secondary N) is 3. The molecule has 2 aliphatic heterocycles. The highest BCUT2D eigenvalue weighted by Gasteiger charge is 2.35. The van der Waals surface area contributed by atoms with Crippen LogP contribution in [0.4, 0.5) is 0 Å². The lowest BCUT2D eigenvalue weighted by atomic mass is 9.78. The number of ether oxygens (including phenoxy) is 1. The van der Waals surface area contributed by atoms with Gasteiger partial charge in [0.05, 0.1) is 17.6 Å². The monoisotopic (exact) mass is 430 g/mol. The Hall–Kier alpha value is -1.35. The normalized spacial score (nSPS) is 27.4. The van der Waals surface area contributed by atoms with E-state index in [9.17, 15) is 13.2 Å². The lowest BCUT2D eigenvalue weighted by Gasteiger charge is -2.39. The van der Waals surface area contributed by atoms with E-state index in [0.29, 0.717) is 31.4 Å². The number of carbonyl (C=O) groups excluding carboxylic acids is 1. The van der Waals surface area contributed by atoms with E-state index in [4.69, 9.17) is 9.73 Å². The molecule has 0 bridgehead atoms. The highest BCUT2D eigenvalue weighted by Crippen LogP contribution is 2.34. The van der Waals surface area contributed by atoms with E-state index in [0.717, 1.165) is 26.0 Å². The summed E-state index contributed by atoms with van der Waals surface area (Å²) in [6.45, 7) is 11.3. The summed E-state index contributed by atoms with van der Waals surface area (Å²) in [5, 5.41) is 9.24. The van der Waals surface area contributed by atoms with Crippen LogP contribution in [-0.4, -0.2) is 70.2 Å². The molecule has 1 amide bonds. The first-order valence-electron chi connectivity index (χ1n) is 10.7. The molecule has 0 radical (unpaired) electrons. The fourth-order valence-corrected chi connectivity index (χ4v) is 5.71. The molecule has 2 fully saturated rings. The number of sulfone groups is 1. The molecule has 168 valence electrons. The lowest BCUT2D eigenvalue weighted by Crippen LogP contribution is -2.43. The van der Waals surface area contributed by atoms with Crippen molar-refractivity contribution in [3.8, 4) is 0 Å². The summed E-state index contributed by atoms with van der Waals surface area (Å²) in [5.74, 6) is 1.15. The third-order valence-corrected chi connectivity index (χ3v) is 7.14. The highest BCUT2D eigenvalue weighted by atomic mass is 32.2. The molecule has 0 saturated carbocycles. The summed E-state index contributed by atoms with van der Waals surface area (Å²) < 4.78 is 29.0. The average Bonchev–Trinajstić information content (AvgIpc) is 2.97. The maximum Gasteiger partial charge on any atom is 0.222 e. The van der Waals surface area contributed by atoms with Crippen LogP contribution >= 0.6 is 0 Å². The molecular weight excluding hydrogens is 392 g/mol. The molecule has 0 aromatic heterocycles. The summed E-state index contributed by atoms with van der Waals surface area (Å²) in [5.41, 5.74) is 0.0815. The van der Waals surface area contributed by atoms with Crippen molar-refractivity contribution in [1.82, 2.24) is 16.0 Å². The van der Waals surface area contributed by atoms with Crippen molar-refractivity contribution in [1.29, 1.82) is 0 Å². The maximum atomic E-state index is 12.1. The average molecular weight is 431 g/mol. The van der Waals surface area contributed by atoms with Crippen molar-refractivity contribution in [2.24, 2.45) is 16.3 Å². The van der Waals surface area contributed by atoms with Gasteiger partial charge in [0, 0.05) is 44.6 Å². The van der Waals surface area contributed by atoms with Crippen LogP contribution in [0.15, 0.2) is 4.99 Å². The Morgan fingerprint density at radius 2 is 1.97 bits per heavy atom. The molecular formula is C20H38N4O4S. The first-order chi connectivity index (χ1) is 13.6. The van der Waals surface area contributed by atoms with Gasteiger partial charge in [0.2, 0.25) is 5.91 Å². The second-order valence-electron chi connectivity index (χ2n) is 9.12. The van der Waals surface area contributed by atoms with Gasteiger partial charge in [-0.1, -0.05) is 20.8 Å². The minimum atomic E-state index is -2.99. The van der Waals surface area contributed by atoms with Crippen LogP contribution in [0.1, 0.15) is 53.4 Å². The molecule has 3 unspecified atom stereocenters. The smallest absolute Gasteiger partial charge is 0.222 e. The zero-order chi connectivity index (χ0) is 21.5. The van der Waals surface area contributed by atoms with Crippen LogP contribution in [0.3, 0.4) is 0 Å². The van der Waals surface area contributed by atoms with Crippen LogP contribution in [0, 0.1) is 11.3 Å². The first-order valence-corrected chi connectivity index (χ1v) is 12.6. The largest absolute Gasteiger partial charge is 0.377 e. The minimum absolute atomic E-state index is 0.0503. The fourth-order valence-electron chi connectivity index (χ4n) is 4.04. The van der Waals surface area contributed by atoms with Crippen LogP contribution in [-0.2, 0) is 19.4 Å². The maximum absolute atomic E-state index is 12.1. The standard InChI is InChI=1S/C20H38N4O4S/c1-5-21-19(23-13-15-7-6-11-28-18(15)20(2,3)4)22-10-8-17(25)24-16-9-12-29(26,27)14-16/h15-16,18H,5-14H2,1-4H3,(H,24,25)(H2,21,22,23). The Balaban J connectivity index is 1.80. The van der Waals surface area contributed by atoms with Crippen molar-refractivity contribution in [3.63, 3.8) is 0 Å². The molecule has 0 aliphatic carbocycles. The minimum Gasteiger partial charge on any atom is -0.377 e. The molecule has 3 atom stereocenters. The molecule has 0 aromatic rings. The predicted octanol–water partition coefficient (Wildman–Crippen LogP) is 1.08. The Kier molecular flexibility index (Phi) is 8.75. The van der Waals surface area contributed by atoms with Gasteiger partial charge in [-0.15, -0.1) is 0 Å². The molecule has 3 N–H and O–H groups in total. The van der Waals surface area contributed by atoms with Crippen LogP contribution in [0.2, 0.25) is 0 Å². The summed E-state index contributed by atoms with van der Waals surface area (Å²) in [6.07, 6.45) is 3.14. The van der Waals surface area contributed by atoms with Gasteiger partial charge in [-0.05, 0) is 31.6 Å². The SMILES string of the molecule is CCNC(=NCC1CCCOC1C(C)(C)C)NCCC(=O)NC1CCS(=O)(=O)C1. The zero-order valence-corrected chi connectivity index (χ0v) is 19.1. The number of hydrogen-bond donors (Lipinski definition) is 3. The molecule has 8 nitrogen and oxygen atoms in total. The summed E-state index contributed by atoms with van der Waals surface area (Å²) in [7, 11) is -2.99. The number of aliphatic imine (C=N–C) groups is 1. The van der Waals surface area contributed by atoms with E-state index in [1.807, 2.05) is 6.92 Å². The molecule has 2 saturated heterocycles. The first kappa shape index (κ1) is 23.9. The van der Waals surface area contributed by atoms with Crippen LogP contribution < -0.4 is 16.0 Å². The summed E-state index contributed by atoms with van der Waals surface area (Å²) >= 11 is 0. The number of amides is 1. The molecule has 0 aromatic carbocycles. The summed E-state index contributed by atoms with van der Waals surface area (Å²) in [6, 6.07) is -0.255. The highest BCUT2D eigenvalue weighted by molar-refractivity contribution is 7.91. The molecule has 2 heterocycles. The van der Waals surface area contributed by atoms with Crippen molar-refractivity contribution in [2.45, 2.75) is 65.5 Å². The number of carbonyl (C=O) groups is 1. The van der Waals surface area contributed by atoms with E-state index in [2.05, 4.69) is 36.7 Å². The topological polar surface area (TPSA) is 109 Å². The van der Waals surface area contributed by atoms with E-state index < -0.39 is 9.84 Å². The van der Waals surface area contributed by atoms with E-state index in [-0.39, 0.29) is 41.4 Å². The van der Waals surface area contributed by atoms with Crippen LogP contribution in [0.5, 0.6) is 0 Å². The molecule has 29 heavy (non-hydrogen) atoms. The van der Waals surface area contributed by atoms with Crippen LogP contribution in [0.25, 0.3) is 0 Å². The Morgan fingerprint density at radius 3 is 2.59 bits per heavy atom. The third-order valence-electron chi connectivity index (χ3n) is 5.37. The molecule has 0 spiro atoms. The number of rotatable bonds is 7. The summed E-state index contributed by atoms with van der Waals surface area (Å²) in [4.78, 5) is 16.8. The molecule has 9 heteroatoms. The molecule has 2 aliphatic rings. The third kappa shape index (κ3) is 8.12. The van der Waals surface area contributed by atoms with Crippen molar-refractivity contribution < 1.29 is 17.9 Å². The number of hydrogen-bond acceptors (Lipinski definition) is 5. The quantitative estimate of drug-likeness (QED) is 0.412. The number of guanidine groups is 1. The predicted molar refractivity (Wildman–Crippen MR) is 116 cm³/mol. The van der Waals surface area contributed by atoms with Gasteiger partial charge in [-0.2, -0.15) is 0 Å². The Morgan fingerprint density at radius 1 is 1.21 bits per heavy atom. The van der Waals surface area contributed by atoms with Crippen molar-refractivity contribution in [3.05, 3.63) is 0 Å². The Labute approximate surface area is 175 Å². The zero-order valence-electron chi connectivity index (χ0n) is 18.3. The van der Waals surface area contributed by atoms with Crippen molar-refractivity contribution >= 4 is 21.7 Å². The van der Waals surface area contributed by atoms with Gasteiger partial charge in [0.25, 0.3) is 0 Å². The van der Waals surface area contributed by atoms with Gasteiger partial charge in [-0.3, -0.25) is 9.79 Å². The fraction of sp³-hybridized carbons (Fsp3) is 0.900. The second kappa shape index (κ2) is 10.6. The van der Waals surface area contributed by atoms with Gasteiger partial charge in [0.1, 0.15) is 0 Å².